The third-order valence-corrected chi connectivity index (χ3v) is 6.75. The van der Waals surface area contributed by atoms with Gasteiger partial charge in [0.05, 0.1) is 11.4 Å². The molecule has 0 atom stereocenters. The molecule has 5 rings (SSSR count). The van der Waals surface area contributed by atoms with Gasteiger partial charge in [0.15, 0.2) is 0 Å². The number of carbonyl (C=O) groups excluding carboxylic acids is 1. The van der Waals surface area contributed by atoms with Crippen LogP contribution >= 0.6 is 0 Å². The van der Waals surface area contributed by atoms with E-state index in [9.17, 15) is 18.8 Å². The topological polar surface area (TPSA) is 72.2 Å². The van der Waals surface area contributed by atoms with Gasteiger partial charge in [0.1, 0.15) is 30.6 Å². The molecule has 3 saturated carbocycles. The molecule has 7 heteroatoms. The number of esters is 1. The highest BCUT2D eigenvalue weighted by molar-refractivity contribution is 5.87. The standard InChI is InChI=1S/C21H18F2N2O3/c22-21(23)19(5-6-19)20(21)9-13(10-20)18(26)28-8-7-27-17-14(11-24)12-25-16-4-2-1-3-15(16)17/h1-4,12-13H,5-10H2. The molecule has 0 saturated heterocycles. The van der Waals surface area contributed by atoms with Crippen LogP contribution in [0.4, 0.5) is 8.78 Å². The number of rotatable bonds is 5. The predicted octanol–water partition coefficient (Wildman–Crippen LogP) is 3.85. The number of halogens is 2. The van der Waals surface area contributed by atoms with E-state index in [4.69, 9.17) is 9.47 Å². The van der Waals surface area contributed by atoms with E-state index in [1.807, 2.05) is 30.3 Å². The van der Waals surface area contributed by atoms with Gasteiger partial charge in [-0.2, -0.15) is 5.26 Å². The molecule has 3 fully saturated rings. The van der Waals surface area contributed by atoms with Crippen LogP contribution in [0.5, 0.6) is 5.75 Å². The molecule has 2 aromatic rings. The van der Waals surface area contributed by atoms with Crippen molar-refractivity contribution in [2.45, 2.75) is 31.6 Å². The lowest BCUT2D eigenvalue weighted by atomic mass is 9.69. The summed E-state index contributed by atoms with van der Waals surface area (Å²) in [5, 5.41) is 9.97. The number of nitrogens with zero attached hydrogens (tertiary/aromatic N) is 2. The van der Waals surface area contributed by atoms with E-state index in [0.29, 0.717) is 35.1 Å². The highest BCUT2D eigenvalue weighted by Gasteiger charge is 2.97. The maximum absolute atomic E-state index is 14.0. The summed E-state index contributed by atoms with van der Waals surface area (Å²) in [7, 11) is 0. The molecular weight excluding hydrogens is 366 g/mol. The van der Waals surface area contributed by atoms with Crippen LogP contribution in [0, 0.1) is 28.1 Å². The number of hydrogen-bond acceptors (Lipinski definition) is 5. The van der Waals surface area contributed by atoms with Gasteiger partial charge in [0.2, 0.25) is 0 Å². The van der Waals surface area contributed by atoms with E-state index < -0.39 is 28.6 Å². The van der Waals surface area contributed by atoms with Gasteiger partial charge < -0.3 is 9.47 Å². The fourth-order valence-corrected chi connectivity index (χ4v) is 5.01. The molecule has 144 valence electrons. The van der Waals surface area contributed by atoms with Gasteiger partial charge in [-0.25, -0.2) is 8.78 Å². The molecule has 0 unspecified atom stereocenters. The van der Waals surface area contributed by atoms with Crippen molar-refractivity contribution >= 4 is 16.9 Å². The largest absolute Gasteiger partial charge is 0.488 e. The maximum atomic E-state index is 14.0. The Morgan fingerprint density at radius 3 is 2.64 bits per heavy atom. The average Bonchev–Trinajstić information content (AvgIpc) is 3.53. The molecule has 0 amide bonds. The van der Waals surface area contributed by atoms with Gasteiger partial charge in [0, 0.05) is 22.4 Å². The molecule has 1 heterocycles. The monoisotopic (exact) mass is 384 g/mol. The Morgan fingerprint density at radius 2 is 1.96 bits per heavy atom. The van der Waals surface area contributed by atoms with E-state index >= 15 is 0 Å². The van der Waals surface area contributed by atoms with E-state index in [1.165, 1.54) is 6.20 Å². The first kappa shape index (κ1) is 17.4. The number of fused-ring (bicyclic) bond motifs is 2. The third-order valence-electron chi connectivity index (χ3n) is 6.75. The second kappa shape index (κ2) is 5.63. The Bertz CT molecular complexity index is 1010. The van der Waals surface area contributed by atoms with Crippen molar-refractivity contribution in [3.63, 3.8) is 0 Å². The zero-order valence-corrected chi connectivity index (χ0v) is 15.1. The summed E-state index contributed by atoms with van der Waals surface area (Å²) >= 11 is 0. The first-order valence-corrected chi connectivity index (χ1v) is 9.41. The van der Waals surface area contributed by atoms with Crippen molar-refractivity contribution in [1.29, 1.82) is 5.26 Å². The number of alkyl halides is 2. The maximum Gasteiger partial charge on any atom is 0.309 e. The quantitative estimate of drug-likeness (QED) is 0.578. The number of pyridine rings is 1. The number of nitriles is 1. The molecule has 3 aliphatic carbocycles. The number of aromatic nitrogens is 1. The molecule has 3 aliphatic rings. The highest BCUT2D eigenvalue weighted by Crippen LogP contribution is 2.93. The minimum atomic E-state index is -2.60. The first-order chi connectivity index (χ1) is 13.5. The van der Waals surface area contributed by atoms with Gasteiger partial charge in [-0.15, -0.1) is 0 Å². The summed E-state index contributed by atoms with van der Waals surface area (Å²) in [5.41, 5.74) is -0.724. The fraction of sp³-hybridized carbons (Fsp3) is 0.476. The Labute approximate surface area is 160 Å². The Balaban J connectivity index is 1.16. The Hall–Kier alpha value is -2.75. The van der Waals surface area contributed by atoms with Crippen molar-refractivity contribution in [3.05, 3.63) is 36.0 Å². The molecule has 1 aromatic heterocycles. The van der Waals surface area contributed by atoms with Crippen molar-refractivity contribution in [3.8, 4) is 11.8 Å². The lowest BCUT2D eigenvalue weighted by Crippen LogP contribution is -2.37. The number of ether oxygens (including phenoxy) is 2. The van der Waals surface area contributed by atoms with Crippen LogP contribution in [-0.4, -0.2) is 30.1 Å². The summed E-state index contributed by atoms with van der Waals surface area (Å²) in [5.74, 6) is -3.08. The van der Waals surface area contributed by atoms with Crippen LogP contribution in [0.3, 0.4) is 0 Å². The minimum absolute atomic E-state index is 0.00534. The smallest absolute Gasteiger partial charge is 0.309 e. The molecule has 0 aliphatic heterocycles. The van der Waals surface area contributed by atoms with Crippen molar-refractivity contribution < 1.29 is 23.0 Å². The Morgan fingerprint density at radius 1 is 1.21 bits per heavy atom. The van der Waals surface area contributed by atoms with E-state index in [-0.39, 0.29) is 26.1 Å². The number of hydrogen-bond donors (Lipinski definition) is 0. The van der Waals surface area contributed by atoms with E-state index in [2.05, 4.69) is 4.98 Å². The third kappa shape index (κ3) is 2.09. The molecule has 0 radical (unpaired) electrons. The highest BCUT2D eigenvalue weighted by atomic mass is 19.3. The zero-order chi connectivity index (χ0) is 19.6. The van der Waals surface area contributed by atoms with Crippen molar-refractivity contribution in [2.75, 3.05) is 13.2 Å². The van der Waals surface area contributed by atoms with Crippen molar-refractivity contribution in [2.24, 2.45) is 16.7 Å². The molecule has 0 bridgehead atoms. The number of carbonyl (C=O) groups is 1. The van der Waals surface area contributed by atoms with Crippen LogP contribution in [0.25, 0.3) is 10.9 Å². The molecule has 2 spiro atoms. The lowest BCUT2D eigenvalue weighted by molar-refractivity contribution is -0.157. The van der Waals surface area contributed by atoms with E-state index in [0.717, 1.165) is 0 Å². The molecule has 0 N–H and O–H groups in total. The number of para-hydroxylation sites is 1. The fourth-order valence-electron chi connectivity index (χ4n) is 5.01. The van der Waals surface area contributed by atoms with Gasteiger partial charge in [-0.3, -0.25) is 9.78 Å². The molecule has 28 heavy (non-hydrogen) atoms. The summed E-state index contributed by atoms with van der Waals surface area (Å²) < 4.78 is 38.9. The van der Waals surface area contributed by atoms with E-state index in [1.54, 1.807) is 0 Å². The molecule has 1 aromatic carbocycles. The normalized spacial score (nSPS) is 27.8. The van der Waals surface area contributed by atoms with Crippen LogP contribution in [0.2, 0.25) is 0 Å². The van der Waals surface area contributed by atoms with Crippen LogP contribution < -0.4 is 4.74 Å². The van der Waals surface area contributed by atoms with Gasteiger partial charge in [-0.1, -0.05) is 12.1 Å². The SMILES string of the molecule is N#Cc1cnc2ccccc2c1OCCOC(=O)C1CC2(C1)C(F)(F)C21CC1. The van der Waals surface area contributed by atoms with Crippen LogP contribution in [0.15, 0.2) is 30.5 Å². The number of benzene rings is 1. The van der Waals surface area contributed by atoms with Gasteiger partial charge in [0.25, 0.3) is 5.92 Å². The summed E-state index contributed by atoms with van der Waals surface area (Å²) in [6.07, 6.45) is 3.06. The zero-order valence-electron chi connectivity index (χ0n) is 15.1. The van der Waals surface area contributed by atoms with Gasteiger partial charge >= 0.3 is 5.97 Å². The van der Waals surface area contributed by atoms with Crippen molar-refractivity contribution in [1.82, 2.24) is 4.98 Å². The van der Waals surface area contributed by atoms with Gasteiger partial charge in [-0.05, 0) is 37.8 Å². The molecule has 5 nitrogen and oxygen atoms in total. The second-order valence-electron chi connectivity index (χ2n) is 7.99. The first-order valence-electron chi connectivity index (χ1n) is 9.41. The van der Waals surface area contributed by atoms with Crippen LogP contribution in [0.1, 0.15) is 31.2 Å². The van der Waals surface area contributed by atoms with Crippen LogP contribution in [-0.2, 0) is 9.53 Å². The summed E-state index contributed by atoms with van der Waals surface area (Å²) in [6.45, 7) is 0.0811. The minimum Gasteiger partial charge on any atom is -0.488 e. The summed E-state index contributed by atoms with van der Waals surface area (Å²) in [6, 6.07) is 9.33. The summed E-state index contributed by atoms with van der Waals surface area (Å²) in [4.78, 5) is 16.4. The second-order valence-corrected chi connectivity index (χ2v) is 7.99. The predicted molar refractivity (Wildman–Crippen MR) is 94.7 cm³/mol. The molecular formula is C21H18F2N2O3. The Kier molecular flexibility index (Phi) is 3.49. The lowest BCUT2D eigenvalue weighted by Gasteiger charge is -2.34. The average molecular weight is 384 g/mol.